The van der Waals surface area contributed by atoms with Gasteiger partial charge >= 0.3 is 5.97 Å². The summed E-state index contributed by atoms with van der Waals surface area (Å²) in [7, 11) is 1.59. The predicted molar refractivity (Wildman–Crippen MR) is 82.2 cm³/mol. The molecule has 0 saturated heterocycles. The molecule has 1 aromatic carbocycles. The summed E-state index contributed by atoms with van der Waals surface area (Å²) in [6.07, 6.45) is 4.97. The number of aromatic carboxylic acids is 1. The van der Waals surface area contributed by atoms with Crippen molar-refractivity contribution in [1.29, 1.82) is 0 Å². The molecule has 0 saturated carbocycles. The molecule has 0 aliphatic carbocycles. The predicted octanol–water partition coefficient (Wildman–Crippen LogP) is 3.42. The van der Waals surface area contributed by atoms with Crippen LogP contribution in [0.1, 0.15) is 27.2 Å². The Morgan fingerprint density at radius 2 is 2.19 bits per heavy atom. The number of methoxy groups -OCH3 is 1. The van der Waals surface area contributed by atoms with Crippen molar-refractivity contribution in [3.8, 4) is 11.5 Å². The van der Waals surface area contributed by atoms with Crippen molar-refractivity contribution in [3.05, 3.63) is 39.8 Å². The standard InChI is InChI=1S/C15H15NO4S/c1-3-20-11-6-4-10(8-12(11)19-2)5-7-14-16-9-13(21-14)15(17)18/h4-9H,3H2,1-2H3,(H,17,18)/b7-5-. The number of ether oxygens (including phenoxy) is 2. The minimum Gasteiger partial charge on any atom is -0.493 e. The Hall–Kier alpha value is -2.34. The quantitative estimate of drug-likeness (QED) is 0.885. The van der Waals surface area contributed by atoms with Crippen LogP contribution < -0.4 is 9.47 Å². The minimum absolute atomic E-state index is 0.221. The highest BCUT2D eigenvalue weighted by atomic mass is 32.1. The Labute approximate surface area is 126 Å². The van der Waals surface area contributed by atoms with Gasteiger partial charge in [0.25, 0.3) is 0 Å². The topological polar surface area (TPSA) is 68.7 Å². The summed E-state index contributed by atoms with van der Waals surface area (Å²) in [5.74, 6) is 0.388. The zero-order valence-corrected chi connectivity index (χ0v) is 12.5. The average Bonchev–Trinajstić information content (AvgIpc) is 2.95. The van der Waals surface area contributed by atoms with Gasteiger partial charge in [0.2, 0.25) is 0 Å². The van der Waals surface area contributed by atoms with Crippen molar-refractivity contribution in [2.24, 2.45) is 0 Å². The van der Waals surface area contributed by atoms with Crippen LogP contribution in [0.2, 0.25) is 0 Å². The van der Waals surface area contributed by atoms with Crippen LogP contribution in [0.25, 0.3) is 12.2 Å². The molecular formula is C15H15NO4S. The monoisotopic (exact) mass is 305 g/mol. The maximum Gasteiger partial charge on any atom is 0.347 e. The summed E-state index contributed by atoms with van der Waals surface area (Å²) in [6.45, 7) is 2.48. The fourth-order valence-corrected chi connectivity index (χ4v) is 2.35. The molecule has 0 spiro atoms. The molecule has 0 bridgehead atoms. The van der Waals surface area contributed by atoms with Gasteiger partial charge in [-0.25, -0.2) is 9.78 Å². The lowest BCUT2D eigenvalue weighted by Gasteiger charge is -2.09. The van der Waals surface area contributed by atoms with E-state index in [0.717, 1.165) is 16.9 Å². The molecular weight excluding hydrogens is 290 g/mol. The smallest absolute Gasteiger partial charge is 0.347 e. The van der Waals surface area contributed by atoms with E-state index in [-0.39, 0.29) is 4.88 Å². The normalized spacial score (nSPS) is 10.8. The van der Waals surface area contributed by atoms with Crippen LogP contribution in [0.15, 0.2) is 24.4 Å². The van der Waals surface area contributed by atoms with Gasteiger partial charge < -0.3 is 14.6 Å². The first kappa shape index (κ1) is 15.1. The molecule has 1 aromatic heterocycles. The van der Waals surface area contributed by atoms with Crippen molar-refractivity contribution < 1.29 is 19.4 Å². The second kappa shape index (κ2) is 6.90. The number of benzene rings is 1. The van der Waals surface area contributed by atoms with Crippen molar-refractivity contribution in [1.82, 2.24) is 4.98 Å². The van der Waals surface area contributed by atoms with Crippen LogP contribution in [-0.4, -0.2) is 29.8 Å². The number of hydrogen-bond donors (Lipinski definition) is 1. The van der Waals surface area contributed by atoms with Gasteiger partial charge in [0.05, 0.1) is 19.9 Å². The van der Waals surface area contributed by atoms with Crippen LogP contribution in [0, 0.1) is 0 Å². The molecule has 0 aliphatic heterocycles. The fraction of sp³-hybridized carbons (Fsp3) is 0.200. The van der Waals surface area contributed by atoms with Crippen LogP contribution in [-0.2, 0) is 0 Å². The van der Waals surface area contributed by atoms with E-state index in [1.54, 1.807) is 13.2 Å². The number of thiazole rings is 1. The molecule has 110 valence electrons. The molecule has 6 heteroatoms. The third-order valence-electron chi connectivity index (χ3n) is 2.64. The fourth-order valence-electron chi connectivity index (χ4n) is 1.69. The molecule has 0 aliphatic rings. The summed E-state index contributed by atoms with van der Waals surface area (Å²) >= 11 is 1.13. The molecule has 5 nitrogen and oxygen atoms in total. The first-order chi connectivity index (χ1) is 10.1. The van der Waals surface area contributed by atoms with Crippen LogP contribution in [0.3, 0.4) is 0 Å². The number of carboxylic acids is 1. The van der Waals surface area contributed by atoms with E-state index in [1.807, 2.05) is 31.2 Å². The summed E-state index contributed by atoms with van der Waals surface area (Å²) in [5.41, 5.74) is 0.919. The largest absolute Gasteiger partial charge is 0.493 e. The van der Waals surface area contributed by atoms with Gasteiger partial charge in [0.15, 0.2) is 11.5 Å². The van der Waals surface area contributed by atoms with E-state index < -0.39 is 5.97 Å². The molecule has 1 N–H and O–H groups in total. The Balaban J connectivity index is 2.18. The zero-order chi connectivity index (χ0) is 15.2. The lowest BCUT2D eigenvalue weighted by Crippen LogP contribution is -1.95. The highest BCUT2D eigenvalue weighted by Gasteiger charge is 2.07. The van der Waals surface area contributed by atoms with Gasteiger partial charge in [-0.3, -0.25) is 0 Å². The van der Waals surface area contributed by atoms with Crippen molar-refractivity contribution in [2.75, 3.05) is 13.7 Å². The van der Waals surface area contributed by atoms with Gasteiger partial charge in [0.1, 0.15) is 9.88 Å². The maximum absolute atomic E-state index is 10.8. The lowest BCUT2D eigenvalue weighted by atomic mass is 10.2. The zero-order valence-electron chi connectivity index (χ0n) is 11.7. The summed E-state index contributed by atoms with van der Waals surface area (Å²) < 4.78 is 10.7. The van der Waals surface area contributed by atoms with Gasteiger partial charge in [-0.05, 0) is 30.7 Å². The summed E-state index contributed by atoms with van der Waals surface area (Å²) in [6, 6.07) is 5.59. The number of carbonyl (C=O) groups is 1. The number of rotatable bonds is 6. The van der Waals surface area contributed by atoms with Crippen LogP contribution in [0.5, 0.6) is 11.5 Å². The van der Waals surface area contributed by atoms with Gasteiger partial charge in [-0.1, -0.05) is 12.1 Å². The Kier molecular flexibility index (Phi) is 4.94. The van der Waals surface area contributed by atoms with E-state index in [4.69, 9.17) is 14.6 Å². The maximum atomic E-state index is 10.8. The Bertz CT molecular complexity index is 663. The summed E-state index contributed by atoms with van der Waals surface area (Å²) in [5, 5.41) is 9.49. The third-order valence-corrected chi connectivity index (χ3v) is 3.59. The number of hydrogen-bond acceptors (Lipinski definition) is 5. The molecule has 0 atom stereocenters. The average molecular weight is 305 g/mol. The van der Waals surface area contributed by atoms with E-state index >= 15 is 0 Å². The van der Waals surface area contributed by atoms with Crippen LogP contribution in [0.4, 0.5) is 0 Å². The van der Waals surface area contributed by atoms with E-state index in [9.17, 15) is 4.79 Å². The Morgan fingerprint density at radius 1 is 1.38 bits per heavy atom. The van der Waals surface area contributed by atoms with Crippen molar-refractivity contribution >= 4 is 29.5 Å². The SMILES string of the molecule is CCOc1ccc(/C=C\c2ncc(C(=O)O)s2)cc1OC. The molecule has 2 rings (SSSR count). The highest BCUT2D eigenvalue weighted by molar-refractivity contribution is 7.14. The van der Waals surface area contributed by atoms with Crippen LogP contribution >= 0.6 is 11.3 Å². The number of carboxylic acid groups (broad SMARTS) is 1. The second-order valence-electron chi connectivity index (χ2n) is 4.04. The Morgan fingerprint density at radius 3 is 2.81 bits per heavy atom. The second-order valence-corrected chi connectivity index (χ2v) is 5.11. The summed E-state index contributed by atoms with van der Waals surface area (Å²) in [4.78, 5) is 15.0. The number of nitrogens with zero attached hydrogens (tertiary/aromatic N) is 1. The van der Waals surface area contributed by atoms with E-state index in [0.29, 0.717) is 23.1 Å². The van der Waals surface area contributed by atoms with Gasteiger partial charge in [-0.15, -0.1) is 11.3 Å². The highest BCUT2D eigenvalue weighted by Crippen LogP contribution is 2.29. The molecule has 0 fully saturated rings. The van der Waals surface area contributed by atoms with Gasteiger partial charge in [0, 0.05) is 0 Å². The van der Waals surface area contributed by atoms with Crippen molar-refractivity contribution in [3.63, 3.8) is 0 Å². The lowest BCUT2D eigenvalue weighted by molar-refractivity contribution is 0.0702. The molecule has 21 heavy (non-hydrogen) atoms. The minimum atomic E-state index is -0.963. The van der Waals surface area contributed by atoms with Crippen molar-refractivity contribution in [2.45, 2.75) is 6.92 Å². The van der Waals surface area contributed by atoms with E-state index in [1.165, 1.54) is 6.20 Å². The molecule has 0 amide bonds. The number of aromatic nitrogens is 1. The van der Waals surface area contributed by atoms with E-state index in [2.05, 4.69) is 4.98 Å². The first-order valence-electron chi connectivity index (χ1n) is 6.32. The third kappa shape index (κ3) is 3.82. The molecule has 0 radical (unpaired) electrons. The van der Waals surface area contributed by atoms with Gasteiger partial charge in [-0.2, -0.15) is 0 Å². The molecule has 0 unspecified atom stereocenters. The first-order valence-corrected chi connectivity index (χ1v) is 7.13. The molecule has 1 heterocycles. The molecule has 2 aromatic rings.